The van der Waals surface area contributed by atoms with Gasteiger partial charge in [0.1, 0.15) is 0 Å². The summed E-state index contributed by atoms with van der Waals surface area (Å²) in [6.45, 7) is 2.52. The number of anilines is 1. The first-order chi connectivity index (χ1) is 10.6. The highest BCUT2D eigenvalue weighted by Crippen LogP contribution is 2.18. The normalized spacial score (nSPS) is 10.1. The molecule has 4 nitrogen and oxygen atoms in total. The van der Waals surface area contributed by atoms with E-state index in [1.807, 2.05) is 12.1 Å². The van der Waals surface area contributed by atoms with Gasteiger partial charge in [-0.2, -0.15) is 0 Å². The molecule has 0 aliphatic heterocycles. The van der Waals surface area contributed by atoms with Crippen molar-refractivity contribution in [2.75, 3.05) is 11.5 Å². The summed E-state index contributed by atoms with van der Waals surface area (Å²) in [5, 5.41) is 0.653. The molecule has 5 heteroatoms. The van der Waals surface area contributed by atoms with Gasteiger partial charge >= 0.3 is 5.97 Å². The second kappa shape index (κ2) is 7.61. The van der Waals surface area contributed by atoms with Gasteiger partial charge in [-0.25, -0.2) is 4.79 Å². The average Bonchev–Trinajstić information content (AvgIpc) is 2.55. The van der Waals surface area contributed by atoms with Crippen molar-refractivity contribution in [3.63, 3.8) is 0 Å². The summed E-state index contributed by atoms with van der Waals surface area (Å²) < 4.78 is 4.93. The highest BCUT2D eigenvalue weighted by atomic mass is 35.5. The number of rotatable bonds is 6. The van der Waals surface area contributed by atoms with Crippen molar-refractivity contribution in [1.29, 1.82) is 0 Å². The summed E-state index contributed by atoms with van der Waals surface area (Å²) in [5.74, 6) is -0.371. The molecule has 0 aliphatic carbocycles. The number of nitrogens with zero attached hydrogens (tertiary/aromatic N) is 1. The number of amides is 1. The second-order valence-corrected chi connectivity index (χ2v) is 5.06. The highest BCUT2D eigenvalue weighted by molar-refractivity contribution is 6.30. The third-order valence-electron chi connectivity index (χ3n) is 3.10. The van der Waals surface area contributed by atoms with Gasteiger partial charge in [0.2, 0.25) is 6.41 Å². The van der Waals surface area contributed by atoms with Crippen molar-refractivity contribution in [3.8, 4) is 0 Å². The molecule has 0 radical (unpaired) electrons. The SMILES string of the molecule is CCOC(=O)c1ccc(N(C=O)Cc2ccc(Cl)cc2)cc1. The lowest BCUT2D eigenvalue weighted by atomic mass is 10.1. The molecule has 0 atom stereocenters. The van der Waals surface area contributed by atoms with Crippen LogP contribution in [0.4, 0.5) is 5.69 Å². The fourth-order valence-corrected chi connectivity index (χ4v) is 2.11. The third kappa shape index (κ3) is 4.09. The van der Waals surface area contributed by atoms with Crippen LogP contribution in [0.25, 0.3) is 0 Å². The summed E-state index contributed by atoms with van der Waals surface area (Å²) in [4.78, 5) is 24.5. The van der Waals surface area contributed by atoms with Gasteiger partial charge in [-0.1, -0.05) is 23.7 Å². The minimum Gasteiger partial charge on any atom is -0.462 e. The maximum atomic E-state index is 11.6. The molecule has 0 saturated carbocycles. The van der Waals surface area contributed by atoms with Crippen LogP contribution in [0.3, 0.4) is 0 Å². The van der Waals surface area contributed by atoms with E-state index in [0.29, 0.717) is 29.4 Å². The number of carbonyl (C=O) groups excluding carboxylic acids is 2. The molecule has 0 aliphatic rings. The smallest absolute Gasteiger partial charge is 0.338 e. The standard InChI is InChI=1S/C17H16ClNO3/c1-2-22-17(21)14-5-9-16(10-6-14)19(12-20)11-13-3-7-15(18)8-4-13/h3-10,12H,2,11H2,1H3. The van der Waals surface area contributed by atoms with Crippen molar-refractivity contribution in [2.24, 2.45) is 0 Å². The van der Waals surface area contributed by atoms with Gasteiger partial charge < -0.3 is 9.64 Å². The summed E-state index contributed by atoms with van der Waals surface area (Å²) in [6, 6.07) is 14.0. The van der Waals surface area contributed by atoms with Gasteiger partial charge in [0.05, 0.1) is 18.7 Å². The number of halogens is 1. The maximum absolute atomic E-state index is 11.6. The molecule has 1 amide bonds. The topological polar surface area (TPSA) is 46.6 Å². The van der Waals surface area contributed by atoms with Crippen molar-refractivity contribution in [1.82, 2.24) is 0 Å². The molecular formula is C17H16ClNO3. The Kier molecular flexibility index (Phi) is 5.55. The molecule has 2 aromatic rings. The van der Waals surface area contributed by atoms with Crippen LogP contribution in [0.15, 0.2) is 48.5 Å². The molecule has 22 heavy (non-hydrogen) atoms. The van der Waals surface area contributed by atoms with Crippen LogP contribution in [0.1, 0.15) is 22.8 Å². The number of hydrogen-bond acceptors (Lipinski definition) is 3. The van der Waals surface area contributed by atoms with Crippen molar-refractivity contribution in [2.45, 2.75) is 13.5 Å². The molecule has 0 heterocycles. The first kappa shape index (κ1) is 16.0. The van der Waals surface area contributed by atoms with Crippen LogP contribution in [0, 0.1) is 0 Å². The fourth-order valence-electron chi connectivity index (χ4n) is 1.98. The number of ether oxygens (including phenoxy) is 1. The lowest BCUT2D eigenvalue weighted by Gasteiger charge is -2.18. The number of benzene rings is 2. The molecule has 2 aromatic carbocycles. The van der Waals surface area contributed by atoms with Crippen molar-refractivity contribution >= 4 is 29.7 Å². The first-order valence-electron chi connectivity index (χ1n) is 6.87. The third-order valence-corrected chi connectivity index (χ3v) is 3.36. The molecule has 2 rings (SSSR count). The largest absolute Gasteiger partial charge is 0.462 e. The van der Waals surface area contributed by atoms with Crippen molar-refractivity contribution < 1.29 is 14.3 Å². The summed E-state index contributed by atoms with van der Waals surface area (Å²) in [5.41, 5.74) is 2.13. The number of carbonyl (C=O) groups is 2. The van der Waals surface area contributed by atoms with Crippen molar-refractivity contribution in [3.05, 3.63) is 64.7 Å². The molecule has 0 fully saturated rings. The van der Waals surface area contributed by atoms with E-state index in [1.165, 1.54) is 0 Å². The Hall–Kier alpha value is -2.33. The second-order valence-electron chi connectivity index (χ2n) is 4.63. The van der Waals surface area contributed by atoms with Gasteiger partial charge in [0, 0.05) is 10.7 Å². The van der Waals surface area contributed by atoms with E-state index in [9.17, 15) is 9.59 Å². The maximum Gasteiger partial charge on any atom is 0.338 e. The predicted octanol–water partition coefficient (Wildman–Crippen LogP) is 3.68. The Morgan fingerprint density at radius 3 is 2.32 bits per heavy atom. The Labute approximate surface area is 134 Å². The Balaban J connectivity index is 2.12. The van der Waals surface area contributed by atoms with E-state index in [1.54, 1.807) is 48.2 Å². The molecule has 0 saturated heterocycles. The molecule has 0 spiro atoms. The minimum atomic E-state index is -0.371. The van der Waals surface area contributed by atoms with Crippen LogP contribution < -0.4 is 4.90 Å². The summed E-state index contributed by atoms with van der Waals surface area (Å²) in [7, 11) is 0. The van der Waals surface area contributed by atoms with Crippen LogP contribution >= 0.6 is 11.6 Å². The molecule has 0 N–H and O–H groups in total. The van der Waals surface area contributed by atoms with E-state index in [4.69, 9.17) is 16.3 Å². The van der Waals surface area contributed by atoms with Crippen LogP contribution in [-0.4, -0.2) is 19.0 Å². The molecule has 0 bridgehead atoms. The minimum absolute atomic E-state index is 0.331. The predicted molar refractivity (Wildman–Crippen MR) is 86.1 cm³/mol. The molecular weight excluding hydrogens is 302 g/mol. The monoisotopic (exact) mass is 317 g/mol. The zero-order valence-corrected chi connectivity index (χ0v) is 12.9. The Bertz CT molecular complexity index is 638. The van der Waals surface area contributed by atoms with Crippen LogP contribution in [0.2, 0.25) is 5.02 Å². The number of esters is 1. The van der Waals surface area contributed by atoms with E-state index in [-0.39, 0.29) is 5.97 Å². The Morgan fingerprint density at radius 1 is 1.14 bits per heavy atom. The van der Waals surface area contributed by atoms with Gasteiger partial charge in [-0.15, -0.1) is 0 Å². The number of hydrogen-bond donors (Lipinski definition) is 0. The summed E-state index contributed by atoms with van der Waals surface area (Å²) in [6.07, 6.45) is 0.758. The fraction of sp³-hybridized carbons (Fsp3) is 0.176. The van der Waals surface area contributed by atoms with Gasteiger partial charge in [0.15, 0.2) is 0 Å². The van der Waals surface area contributed by atoms with Crippen LogP contribution in [-0.2, 0) is 16.1 Å². The molecule has 0 aromatic heterocycles. The average molecular weight is 318 g/mol. The Morgan fingerprint density at radius 2 is 1.77 bits per heavy atom. The molecule has 0 unspecified atom stereocenters. The molecule has 114 valence electrons. The van der Waals surface area contributed by atoms with E-state index in [0.717, 1.165) is 12.0 Å². The van der Waals surface area contributed by atoms with Gasteiger partial charge in [-0.05, 0) is 48.9 Å². The van der Waals surface area contributed by atoms with Crippen LogP contribution in [0.5, 0.6) is 0 Å². The van der Waals surface area contributed by atoms with E-state index < -0.39 is 0 Å². The van der Waals surface area contributed by atoms with Gasteiger partial charge in [-0.3, -0.25) is 4.79 Å². The lowest BCUT2D eigenvalue weighted by Crippen LogP contribution is -2.20. The first-order valence-corrected chi connectivity index (χ1v) is 7.25. The van der Waals surface area contributed by atoms with E-state index >= 15 is 0 Å². The zero-order chi connectivity index (χ0) is 15.9. The quantitative estimate of drug-likeness (QED) is 0.603. The zero-order valence-electron chi connectivity index (χ0n) is 12.2. The van der Waals surface area contributed by atoms with Gasteiger partial charge in [0.25, 0.3) is 0 Å². The van der Waals surface area contributed by atoms with E-state index in [2.05, 4.69) is 0 Å². The lowest BCUT2D eigenvalue weighted by molar-refractivity contribution is -0.107. The highest BCUT2D eigenvalue weighted by Gasteiger charge is 2.09. The summed E-state index contributed by atoms with van der Waals surface area (Å²) >= 11 is 5.84.